The fourth-order valence-electron chi connectivity index (χ4n) is 1.90. The highest BCUT2D eigenvalue weighted by atomic mass is 16.5. The second kappa shape index (κ2) is 10.4. The minimum atomic E-state index is -0.180. The van der Waals surface area contributed by atoms with Gasteiger partial charge in [-0.15, -0.1) is 0 Å². The van der Waals surface area contributed by atoms with Crippen LogP contribution in [0.15, 0.2) is 24.3 Å². The van der Waals surface area contributed by atoms with Crippen LogP contribution in [0.25, 0.3) is 0 Å². The van der Waals surface area contributed by atoms with E-state index in [4.69, 9.17) is 4.74 Å². The van der Waals surface area contributed by atoms with E-state index in [0.717, 1.165) is 11.3 Å². The van der Waals surface area contributed by atoms with Gasteiger partial charge in [-0.2, -0.15) is 0 Å². The number of carbonyl (C=O) groups is 3. The van der Waals surface area contributed by atoms with Crippen LogP contribution in [0.1, 0.15) is 32.3 Å². The number of amides is 2. The van der Waals surface area contributed by atoms with Crippen molar-refractivity contribution in [3.63, 3.8) is 0 Å². The monoisotopic (exact) mass is 320 g/mol. The Bertz CT molecular complexity index is 526. The Balaban J connectivity index is 2.19. The maximum absolute atomic E-state index is 11.8. The first-order valence-electron chi connectivity index (χ1n) is 7.75. The summed E-state index contributed by atoms with van der Waals surface area (Å²) in [6.07, 6.45) is 0.718. The lowest BCUT2D eigenvalue weighted by Gasteiger charge is -2.08. The Kier molecular flexibility index (Phi) is 8.42. The summed E-state index contributed by atoms with van der Waals surface area (Å²) < 4.78 is 5.34. The molecule has 1 aromatic rings. The van der Waals surface area contributed by atoms with Crippen molar-refractivity contribution in [2.75, 3.05) is 19.7 Å². The van der Waals surface area contributed by atoms with Gasteiger partial charge in [0.15, 0.2) is 0 Å². The SMILES string of the molecule is CCOc1ccc(CC(=O)NCCNC(=O)CCC(C)=O)cc1. The highest BCUT2D eigenvalue weighted by Gasteiger charge is 2.05. The largest absolute Gasteiger partial charge is 0.494 e. The van der Waals surface area contributed by atoms with E-state index in [2.05, 4.69) is 10.6 Å². The van der Waals surface area contributed by atoms with E-state index >= 15 is 0 Å². The molecule has 0 saturated heterocycles. The van der Waals surface area contributed by atoms with Crippen LogP contribution in [0.3, 0.4) is 0 Å². The normalized spacial score (nSPS) is 10.0. The Labute approximate surface area is 136 Å². The van der Waals surface area contributed by atoms with Gasteiger partial charge in [-0.3, -0.25) is 9.59 Å². The summed E-state index contributed by atoms with van der Waals surface area (Å²) in [6.45, 7) is 4.69. The number of Topliss-reactive ketones (excluding diaryl/α,β-unsaturated/α-hetero) is 1. The summed E-state index contributed by atoms with van der Waals surface area (Å²) in [5.41, 5.74) is 0.899. The van der Waals surface area contributed by atoms with Crippen LogP contribution in [0.2, 0.25) is 0 Å². The molecule has 0 spiro atoms. The molecule has 0 aliphatic rings. The molecule has 0 atom stereocenters. The number of hydrogen-bond donors (Lipinski definition) is 2. The summed E-state index contributed by atoms with van der Waals surface area (Å²) in [5, 5.41) is 5.40. The minimum Gasteiger partial charge on any atom is -0.494 e. The van der Waals surface area contributed by atoms with Crippen molar-refractivity contribution in [1.82, 2.24) is 10.6 Å². The third-order valence-electron chi connectivity index (χ3n) is 3.07. The predicted molar refractivity (Wildman–Crippen MR) is 87.2 cm³/mol. The minimum absolute atomic E-state index is 0.0104. The zero-order valence-electron chi connectivity index (χ0n) is 13.7. The van der Waals surface area contributed by atoms with E-state index in [1.165, 1.54) is 6.92 Å². The van der Waals surface area contributed by atoms with Crippen LogP contribution in [-0.4, -0.2) is 37.3 Å². The van der Waals surface area contributed by atoms with Gasteiger partial charge >= 0.3 is 0 Å². The number of rotatable bonds is 10. The van der Waals surface area contributed by atoms with Gasteiger partial charge < -0.3 is 20.2 Å². The third kappa shape index (κ3) is 8.60. The molecule has 0 aliphatic heterocycles. The van der Waals surface area contributed by atoms with E-state index < -0.39 is 0 Å². The van der Waals surface area contributed by atoms with Gasteiger partial charge in [0, 0.05) is 25.9 Å². The molecule has 1 rings (SSSR count). The van der Waals surface area contributed by atoms with E-state index in [1.54, 1.807) is 0 Å². The Hall–Kier alpha value is -2.37. The molecular weight excluding hydrogens is 296 g/mol. The smallest absolute Gasteiger partial charge is 0.224 e. The lowest BCUT2D eigenvalue weighted by Crippen LogP contribution is -2.35. The maximum atomic E-state index is 11.8. The molecule has 2 N–H and O–H groups in total. The van der Waals surface area contributed by atoms with Gasteiger partial charge in [0.25, 0.3) is 0 Å². The molecule has 0 aromatic heterocycles. The fourth-order valence-corrected chi connectivity index (χ4v) is 1.90. The quantitative estimate of drug-likeness (QED) is 0.635. The summed E-state index contributed by atoms with van der Waals surface area (Å²) in [6, 6.07) is 7.38. The molecule has 2 amide bonds. The summed E-state index contributed by atoms with van der Waals surface area (Å²) in [4.78, 5) is 33.9. The van der Waals surface area contributed by atoms with Gasteiger partial charge in [-0.1, -0.05) is 12.1 Å². The molecule has 0 aliphatic carbocycles. The third-order valence-corrected chi connectivity index (χ3v) is 3.07. The molecule has 0 radical (unpaired) electrons. The average molecular weight is 320 g/mol. The molecule has 126 valence electrons. The van der Waals surface area contributed by atoms with Crippen LogP contribution < -0.4 is 15.4 Å². The molecule has 6 nitrogen and oxygen atoms in total. The molecule has 0 saturated carbocycles. The van der Waals surface area contributed by atoms with Crippen molar-refractivity contribution in [3.8, 4) is 5.75 Å². The molecule has 0 fully saturated rings. The molecule has 0 heterocycles. The predicted octanol–water partition coefficient (Wildman–Crippen LogP) is 1.23. The number of ketones is 1. The van der Waals surface area contributed by atoms with Crippen LogP contribution in [0.5, 0.6) is 5.75 Å². The van der Waals surface area contributed by atoms with Gasteiger partial charge in [0.2, 0.25) is 11.8 Å². The first-order chi connectivity index (χ1) is 11.0. The first kappa shape index (κ1) is 18.7. The summed E-state index contributed by atoms with van der Waals surface area (Å²) in [5.74, 6) is 0.488. The maximum Gasteiger partial charge on any atom is 0.224 e. The van der Waals surface area contributed by atoms with Crippen LogP contribution in [0, 0.1) is 0 Å². The lowest BCUT2D eigenvalue weighted by molar-refractivity contribution is -0.124. The van der Waals surface area contributed by atoms with Crippen LogP contribution >= 0.6 is 0 Å². The highest BCUT2D eigenvalue weighted by Crippen LogP contribution is 2.12. The van der Waals surface area contributed by atoms with Crippen molar-refractivity contribution in [3.05, 3.63) is 29.8 Å². The molecule has 1 aromatic carbocycles. The molecule has 0 bridgehead atoms. The Morgan fingerprint density at radius 3 is 2.13 bits per heavy atom. The van der Waals surface area contributed by atoms with Crippen molar-refractivity contribution >= 4 is 17.6 Å². The van der Waals surface area contributed by atoms with Gasteiger partial charge in [0.1, 0.15) is 11.5 Å². The standard InChI is InChI=1S/C17H24N2O4/c1-3-23-15-7-5-14(6-8-15)12-17(22)19-11-10-18-16(21)9-4-13(2)20/h5-8H,3-4,9-12H2,1-2H3,(H,18,21)(H,19,22). The number of ether oxygens (including phenoxy) is 1. The number of carbonyl (C=O) groups excluding carboxylic acids is 3. The summed E-state index contributed by atoms with van der Waals surface area (Å²) in [7, 11) is 0. The topological polar surface area (TPSA) is 84.5 Å². The molecule has 0 unspecified atom stereocenters. The summed E-state index contributed by atoms with van der Waals surface area (Å²) >= 11 is 0. The van der Waals surface area contributed by atoms with Crippen molar-refractivity contribution in [2.45, 2.75) is 33.1 Å². The van der Waals surface area contributed by atoms with Gasteiger partial charge in [-0.25, -0.2) is 0 Å². The van der Waals surface area contributed by atoms with Crippen molar-refractivity contribution in [1.29, 1.82) is 0 Å². The average Bonchev–Trinajstić information content (AvgIpc) is 2.52. The van der Waals surface area contributed by atoms with E-state index in [-0.39, 0.29) is 36.9 Å². The van der Waals surface area contributed by atoms with E-state index in [1.807, 2.05) is 31.2 Å². The zero-order chi connectivity index (χ0) is 17.1. The number of benzene rings is 1. The van der Waals surface area contributed by atoms with Crippen molar-refractivity contribution < 1.29 is 19.1 Å². The molecule has 23 heavy (non-hydrogen) atoms. The molecule has 6 heteroatoms. The van der Waals surface area contributed by atoms with E-state index in [0.29, 0.717) is 19.7 Å². The first-order valence-corrected chi connectivity index (χ1v) is 7.75. The number of hydrogen-bond acceptors (Lipinski definition) is 4. The fraction of sp³-hybridized carbons (Fsp3) is 0.471. The highest BCUT2D eigenvalue weighted by molar-refractivity contribution is 5.83. The zero-order valence-corrected chi connectivity index (χ0v) is 13.7. The van der Waals surface area contributed by atoms with E-state index in [9.17, 15) is 14.4 Å². The lowest BCUT2D eigenvalue weighted by atomic mass is 10.1. The number of nitrogens with one attached hydrogen (secondary N) is 2. The second-order valence-electron chi connectivity index (χ2n) is 5.16. The Morgan fingerprint density at radius 2 is 1.57 bits per heavy atom. The van der Waals surface area contributed by atoms with Crippen LogP contribution in [-0.2, 0) is 20.8 Å². The van der Waals surface area contributed by atoms with Gasteiger partial charge in [0.05, 0.1) is 13.0 Å². The van der Waals surface area contributed by atoms with Gasteiger partial charge in [-0.05, 0) is 31.5 Å². The van der Waals surface area contributed by atoms with Crippen molar-refractivity contribution in [2.24, 2.45) is 0 Å². The second-order valence-corrected chi connectivity index (χ2v) is 5.16. The van der Waals surface area contributed by atoms with Crippen LogP contribution in [0.4, 0.5) is 0 Å². The molecular formula is C17H24N2O4. The Morgan fingerprint density at radius 1 is 0.957 bits per heavy atom.